The highest BCUT2D eigenvalue weighted by Crippen LogP contribution is 2.25. The predicted molar refractivity (Wildman–Crippen MR) is 128 cm³/mol. The van der Waals surface area contributed by atoms with Gasteiger partial charge in [0.25, 0.3) is 0 Å². The Bertz CT molecular complexity index is 1110. The minimum absolute atomic E-state index is 0.150. The molecule has 0 bridgehead atoms. The molecule has 1 saturated heterocycles. The van der Waals surface area contributed by atoms with Crippen LogP contribution in [0.15, 0.2) is 35.4 Å². The van der Waals surface area contributed by atoms with Crippen molar-refractivity contribution >= 4 is 28.5 Å². The van der Waals surface area contributed by atoms with Crippen molar-refractivity contribution in [1.82, 2.24) is 9.97 Å². The number of aromatic amines is 1. The first-order valence-corrected chi connectivity index (χ1v) is 10.9. The first-order chi connectivity index (χ1) is 15.3. The molecule has 8 heteroatoms. The molecule has 0 saturated carbocycles. The van der Waals surface area contributed by atoms with E-state index in [2.05, 4.69) is 45.3 Å². The highest BCUT2D eigenvalue weighted by molar-refractivity contribution is 5.87. The van der Waals surface area contributed by atoms with Gasteiger partial charge in [-0.05, 0) is 57.5 Å². The van der Waals surface area contributed by atoms with Gasteiger partial charge in [-0.25, -0.2) is 4.98 Å². The summed E-state index contributed by atoms with van der Waals surface area (Å²) in [4.78, 5) is 10.2. The summed E-state index contributed by atoms with van der Waals surface area (Å²) in [6.45, 7) is 10.7. The van der Waals surface area contributed by atoms with Gasteiger partial charge in [0.2, 0.25) is 5.88 Å². The van der Waals surface area contributed by atoms with Crippen LogP contribution >= 0.6 is 0 Å². The topological polar surface area (TPSA) is 95.0 Å². The largest absolute Gasteiger partial charge is 0.475 e. The molecule has 3 aromatic rings. The number of hydrogen-bond acceptors (Lipinski definition) is 7. The van der Waals surface area contributed by atoms with Crippen molar-refractivity contribution < 1.29 is 14.6 Å². The molecule has 3 heterocycles. The van der Waals surface area contributed by atoms with Crippen molar-refractivity contribution in [2.45, 2.75) is 33.3 Å². The standard InChI is InChI=1S/C24H31N5O3/c1-16-17(2)26-22-6-5-18(12-21(16)22)28-25-14-19-11-20(29-7-9-31-10-8-29)13-23(27-19)32-15-24(3,4)30/h5-6,11-14,26,28,30H,7-10,15H2,1-4H3. The van der Waals surface area contributed by atoms with E-state index in [1.54, 1.807) is 20.1 Å². The van der Waals surface area contributed by atoms with Crippen molar-refractivity contribution in [1.29, 1.82) is 0 Å². The van der Waals surface area contributed by atoms with Crippen LogP contribution in [0, 0.1) is 13.8 Å². The normalized spacial score (nSPS) is 15.0. The Kier molecular flexibility index (Phi) is 6.34. The number of morpholine rings is 1. The van der Waals surface area contributed by atoms with Crippen LogP contribution in [0.3, 0.4) is 0 Å². The number of aromatic nitrogens is 2. The van der Waals surface area contributed by atoms with Gasteiger partial charge in [0.05, 0.1) is 36.4 Å². The van der Waals surface area contributed by atoms with Crippen LogP contribution < -0.4 is 15.1 Å². The number of aliphatic hydroxyl groups is 1. The Morgan fingerprint density at radius 2 is 2.03 bits per heavy atom. The number of rotatable bonds is 7. The zero-order chi connectivity index (χ0) is 22.7. The van der Waals surface area contributed by atoms with Crippen LogP contribution in [0.25, 0.3) is 10.9 Å². The molecule has 1 aliphatic heterocycles. The van der Waals surface area contributed by atoms with E-state index in [4.69, 9.17) is 9.47 Å². The summed E-state index contributed by atoms with van der Waals surface area (Å²) in [5.74, 6) is 0.456. The molecule has 8 nitrogen and oxygen atoms in total. The van der Waals surface area contributed by atoms with E-state index in [9.17, 15) is 5.11 Å². The van der Waals surface area contributed by atoms with E-state index in [1.807, 2.05) is 24.3 Å². The molecule has 0 unspecified atom stereocenters. The summed E-state index contributed by atoms with van der Waals surface area (Å²) in [6.07, 6.45) is 1.68. The fraction of sp³-hybridized carbons (Fsp3) is 0.417. The number of anilines is 2. The van der Waals surface area contributed by atoms with Crippen molar-refractivity contribution in [3.63, 3.8) is 0 Å². The lowest BCUT2D eigenvalue weighted by atomic mass is 10.1. The summed E-state index contributed by atoms with van der Waals surface area (Å²) in [7, 11) is 0. The van der Waals surface area contributed by atoms with E-state index in [0.29, 0.717) is 24.8 Å². The van der Waals surface area contributed by atoms with Gasteiger partial charge in [-0.1, -0.05) is 0 Å². The molecule has 1 aliphatic rings. The van der Waals surface area contributed by atoms with Crippen molar-refractivity contribution in [3.05, 3.63) is 47.3 Å². The maximum absolute atomic E-state index is 10.0. The molecular formula is C24H31N5O3. The van der Waals surface area contributed by atoms with Crippen LogP contribution in [0.4, 0.5) is 11.4 Å². The van der Waals surface area contributed by atoms with Gasteiger partial charge in [-0.2, -0.15) is 5.10 Å². The zero-order valence-electron chi connectivity index (χ0n) is 19.1. The number of hydrogen-bond donors (Lipinski definition) is 3. The number of pyridine rings is 1. The Morgan fingerprint density at radius 3 is 2.78 bits per heavy atom. The SMILES string of the molecule is Cc1[nH]c2ccc(NN=Cc3cc(N4CCOCC4)cc(OCC(C)(C)O)n3)cc2c1C. The summed E-state index contributed by atoms with van der Waals surface area (Å²) < 4.78 is 11.2. The van der Waals surface area contributed by atoms with E-state index in [1.165, 1.54) is 16.6 Å². The average Bonchev–Trinajstić information content (AvgIpc) is 3.06. The minimum Gasteiger partial charge on any atom is -0.475 e. The number of nitrogens with zero attached hydrogens (tertiary/aromatic N) is 3. The minimum atomic E-state index is -0.945. The Hall–Kier alpha value is -3.10. The third-order valence-corrected chi connectivity index (χ3v) is 5.45. The molecule has 1 aromatic carbocycles. The molecule has 2 aromatic heterocycles. The van der Waals surface area contributed by atoms with Crippen LogP contribution in [-0.2, 0) is 4.74 Å². The van der Waals surface area contributed by atoms with Crippen molar-refractivity contribution in [2.24, 2.45) is 5.10 Å². The van der Waals surface area contributed by atoms with E-state index in [0.717, 1.165) is 30.0 Å². The smallest absolute Gasteiger partial charge is 0.216 e. The second kappa shape index (κ2) is 9.18. The van der Waals surface area contributed by atoms with Crippen LogP contribution in [-0.4, -0.2) is 59.8 Å². The molecule has 170 valence electrons. The Labute approximate surface area is 188 Å². The van der Waals surface area contributed by atoms with Gasteiger partial charge in [-0.15, -0.1) is 0 Å². The van der Waals surface area contributed by atoms with Gasteiger partial charge in [-0.3, -0.25) is 5.43 Å². The first kappa shape index (κ1) is 22.1. The highest BCUT2D eigenvalue weighted by atomic mass is 16.5. The van der Waals surface area contributed by atoms with Crippen molar-refractivity contribution in [3.8, 4) is 5.88 Å². The van der Waals surface area contributed by atoms with Crippen LogP contribution in [0.1, 0.15) is 30.8 Å². The monoisotopic (exact) mass is 437 g/mol. The number of ether oxygens (including phenoxy) is 2. The molecule has 3 N–H and O–H groups in total. The molecular weight excluding hydrogens is 406 g/mol. The average molecular weight is 438 g/mol. The van der Waals surface area contributed by atoms with Crippen LogP contribution in [0.5, 0.6) is 5.88 Å². The zero-order valence-corrected chi connectivity index (χ0v) is 19.1. The van der Waals surface area contributed by atoms with Gasteiger partial charge in [0.1, 0.15) is 6.61 Å². The Balaban J connectivity index is 1.54. The summed E-state index contributed by atoms with van der Waals surface area (Å²) in [5, 5.41) is 15.6. The van der Waals surface area contributed by atoms with E-state index in [-0.39, 0.29) is 6.61 Å². The summed E-state index contributed by atoms with van der Waals surface area (Å²) in [5.41, 5.74) is 8.24. The number of hydrazone groups is 1. The third kappa shape index (κ3) is 5.38. The molecule has 0 aliphatic carbocycles. The van der Waals surface area contributed by atoms with Gasteiger partial charge < -0.3 is 24.5 Å². The lowest BCUT2D eigenvalue weighted by molar-refractivity contribution is 0.0268. The molecule has 0 atom stereocenters. The summed E-state index contributed by atoms with van der Waals surface area (Å²) in [6, 6.07) is 10.0. The third-order valence-electron chi connectivity index (χ3n) is 5.45. The van der Waals surface area contributed by atoms with E-state index >= 15 is 0 Å². The predicted octanol–water partition coefficient (Wildman–Crippen LogP) is 3.61. The maximum Gasteiger partial charge on any atom is 0.216 e. The lowest BCUT2D eigenvalue weighted by Crippen LogP contribution is -2.36. The molecule has 0 spiro atoms. The van der Waals surface area contributed by atoms with Gasteiger partial charge >= 0.3 is 0 Å². The van der Waals surface area contributed by atoms with Crippen LogP contribution in [0.2, 0.25) is 0 Å². The molecule has 4 rings (SSSR count). The molecule has 1 fully saturated rings. The second-order valence-electron chi connectivity index (χ2n) is 8.79. The van der Waals surface area contributed by atoms with E-state index < -0.39 is 5.60 Å². The maximum atomic E-state index is 10.0. The second-order valence-corrected chi connectivity index (χ2v) is 8.79. The number of H-pyrrole nitrogens is 1. The highest BCUT2D eigenvalue weighted by Gasteiger charge is 2.17. The molecule has 0 amide bonds. The van der Waals surface area contributed by atoms with Gasteiger partial charge in [0.15, 0.2) is 0 Å². The quantitative estimate of drug-likeness (QED) is 0.386. The summed E-state index contributed by atoms with van der Waals surface area (Å²) >= 11 is 0. The fourth-order valence-corrected chi connectivity index (χ4v) is 3.61. The Morgan fingerprint density at radius 1 is 1.25 bits per heavy atom. The lowest BCUT2D eigenvalue weighted by Gasteiger charge is -2.29. The fourth-order valence-electron chi connectivity index (χ4n) is 3.61. The number of benzene rings is 1. The van der Waals surface area contributed by atoms with Crippen molar-refractivity contribution in [2.75, 3.05) is 43.2 Å². The molecule has 0 radical (unpaired) electrons. The first-order valence-electron chi connectivity index (χ1n) is 10.9. The number of aryl methyl sites for hydroxylation is 2. The number of nitrogens with one attached hydrogen (secondary N) is 2. The van der Waals surface area contributed by atoms with Gasteiger partial charge in [0, 0.05) is 41.4 Å². The number of fused-ring (bicyclic) bond motifs is 1. The molecule has 32 heavy (non-hydrogen) atoms.